The molecule has 0 aliphatic heterocycles. The Hall–Kier alpha value is -2.49. The number of ether oxygens (including phenoxy) is 2. The molecule has 0 spiro atoms. The normalized spacial score (nSPS) is 11.4. The minimum Gasteiger partial charge on any atom is -0.497 e. The molecule has 0 atom stereocenters. The first-order valence-electron chi connectivity index (χ1n) is 10.4. The smallest absolute Gasteiger partial charge is 0.239 e. The molecule has 176 valence electrons. The van der Waals surface area contributed by atoms with E-state index in [1.54, 1.807) is 7.11 Å². The van der Waals surface area contributed by atoms with Gasteiger partial charge in [0.1, 0.15) is 11.5 Å². The molecular formula is C24H35IN4O3. The van der Waals surface area contributed by atoms with Crippen LogP contribution < -0.4 is 25.4 Å². The minimum absolute atomic E-state index is 0. The molecule has 7 nitrogen and oxygen atoms in total. The maximum absolute atomic E-state index is 12.2. The molecule has 3 N–H and O–H groups in total. The number of aliphatic imine (C=N–C) groups is 1. The summed E-state index contributed by atoms with van der Waals surface area (Å²) < 4.78 is 11.0. The van der Waals surface area contributed by atoms with Gasteiger partial charge in [-0.2, -0.15) is 0 Å². The minimum atomic E-state index is -0.295. The fourth-order valence-corrected chi connectivity index (χ4v) is 2.73. The molecule has 2 rings (SSSR count). The second-order valence-electron chi connectivity index (χ2n) is 8.48. The molecule has 0 aliphatic rings. The van der Waals surface area contributed by atoms with Gasteiger partial charge < -0.3 is 25.4 Å². The van der Waals surface area contributed by atoms with Gasteiger partial charge in [-0.1, -0.05) is 12.1 Å². The summed E-state index contributed by atoms with van der Waals surface area (Å²) in [5.74, 6) is 1.97. The summed E-state index contributed by atoms with van der Waals surface area (Å²) in [4.78, 5) is 16.9. The fourth-order valence-electron chi connectivity index (χ4n) is 2.73. The Balaban J connectivity index is 0.00000512. The lowest BCUT2D eigenvalue weighted by molar-refractivity contribution is -0.121. The lowest BCUT2D eigenvalue weighted by Gasteiger charge is -2.21. The molecule has 1 amide bonds. The Morgan fingerprint density at radius 3 is 2.34 bits per heavy atom. The van der Waals surface area contributed by atoms with Gasteiger partial charge in [0.15, 0.2) is 5.96 Å². The Bertz CT molecular complexity index is 878. The SMILES string of the molecule is COc1cccc(CN=C(NCC(=O)NC(C)(C)C)Nc2ccc(OC(C)C)cc2)c1.I. The monoisotopic (exact) mass is 554 g/mol. The number of anilines is 1. The van der Waals surface area contributed by atoms with Gasteiger partial charge in [-0.25, -0.2) is 4.99 Å². The molecule has 8 heteroatoms. The Morgan fingerprint density at radius 2 is 1.75 bits per heavy atom. The highest BCUT2D eigenvalue weighted by Gasteiger charge is 2.14. The van der Waals surface area contributed by atoms with Crippen molar-refractivity contribution in [1.29, 1.82) is 0 Å². The third-order valence-corrected chi connectivity index (χ3v) is 3.97. The highest BCUT2D eigenvalue weighted by Crippen LogP contribution is 2.17. The van der Waals surface area contributed by atoms with Crippen LogP contribution in [0.5, 0.6) is 11.5 Å². The van der Waals surface area contributed by atoms with Crippen LogP contribution in [0.1, 0.15) is 40.2 Å². The van der Waals surface area contributed by atoms with Gasteiger partial charge in [-0.15, -0.1) is 24.0 Å². The molecule has 0 aliphatic carbocycles. The number of carbonyl (C=O) groups is 1. The number of nitrogens with one attached hydrogen (secondary N) is 3. The van der Waals surface area contributed by atoms with Crippen molar-refractivity contribution < 1.29 is 14.3 Å². The summed E-state index contributed by atoms with van der Waals surface area (Å²) in [5.41, 5.74) is 1.54. The summed E-state index contributed by atoms with van der Waals surface area (Å²) in [6, 6.07) is 15.4. The fraction of sp³-hybridized carbons (Fsp3) is 0.417. The lowest BCUT2D eigenvalue weighted by atomic mass is 10.1. The summed E-state index contributed by atoms with van der Waals surface area (Å²) in [6.07, 6.45) is 0.113. The van der Waals surface area contributed by atoms with Crippen molar-refractivity contribution in [3.05, 3.63) is 54.1 Å². The van der Waals surface area contributed by atoms with Gasteiger partial charge in [0.25, 0.3) is 0 Å². The molecule has 0 saturated carbocycles. The van der Waals surface area contributed by atoms with Gasteiger partial charge in [0.2, 0.25) is 5.91 Å². The quantitative estimate of drug-likeness (QED) is 0.253. The van der Waals surface area contributed by atoms with Crippen LogP contribution in [0.4, 0.5) is 5.69 Å². The molecule has 0 aromatic heterocycles. The predicted molar refractivity (Wildman–Crippen MR) is 141 cm³/mol. The van der Waals surface area contributed by atoms with Crippen molar-refractivity contribution in [2.75, 3.05) is 19.0 Å². The van der Waals surface area contributed by atoms with E-state index >= 15 is 0 Å². The predicted octanol–water partition coefficient (Wildman–Crippen LogP) is 4.57. The van der Waals surface area contributed by atoms with Crippen LogP contribution in [-0.4, -0.2) is 37.2 Å². The Labute approximate surface area is 208 Å². The lowest BCUT2D eigenvalue weighted by Crippen LogP contribution is -2.46. The molecule has 0 unspecified atom stereocenters. The van der Waals surface area contributed by atoms with Crippen LogP contribution in [-0.2, 0) is 11.3 Å². The molecule has 0 saturated heterocycles. The molecule has 0 bridgehead atoms. The van der Waals surface area contributed by atoms with Gasteiger partial charge >= 0.3 is 0 Å². The number of nitrogens with zero attached hydrogens (tertiary/aromatic N) is 1. The first-order valence-corrected chi connectivity index (χ1v) is 10.4. The van der Waals surface area contributed by atoms with E-state index in [0.29, 0.717) is 12.5 Å². The first-order chi connectivity index (χ1) is 14.6. The Morgan fingerprint density at radius 1 is 1.06 bits per heavy atom. The number of carbonyl (C=O) groups excluding carboxylic acids is 1. The van der Waals surface area contributed by atoms with E-state index in [2.05, 4.69) is 20.9 Å². The second-order valence-corrected chi connectivity index (χ2v) is 8.48. The topological polar surface area (TPSA) is 84.0 Å². The molecule has 2 aromatic carbocycles. The molecule has 32 heavy (non-hydrogen) atoms. The summed E-state index contributed by atoms with van der Waals surface area (Å²) in [6.45, 7) is 10.4. The number of hydrogen-bond donors (Lipinski definition) is 3. The van der Waals surface area contributed by atoms with Crippen LogP contribution in [0.2, 0.25) is 0 Å². The van der Waals surface area contributed by atoms with E-state index in [1.165, 1.54) is 0 Å². The van der Waals surface area contributed by atoms with E-state index < -0.39 is 0 Å². The zero-order chi connectivity index (χ0) is 22.9. The number of amides is 1. The van der Waals surface area contributed by atoms with E-state index in [-0.39, 0.29) is 48.1 Å². The van der Waals surface area contributed by atoms with E-state index in [9.17, 15) is 4.79 Å². The van der Waals surface area contributed by atoms with Crippen molar-refractivity contribution in [2.45, 2.75) is 52.8 Å². The maximum Gasteiger partial charge on any atom is 0.239 e. The van der Waals surface area contributed by atoms with E-state index in [0.717, 1.165) is 22.7 Å². The van der Waals surface area contributed by atoms with Gasteiger partial charge in [-0.3, -0.25) is 4.79 Å². The summed E-state index contributed by atoms with van der Waals surface area (Å²) in [7, 11) is 1.64. The van der Waals surface area contributed by atoms with Crippen molar-refractivity contribution in [3.63, 3.8) is 0 Å². The van der Waals surface area contributed by atoms with Crippen LogP contribution in [0, 0.1) is 0 Å². The number of benzene rings is 2. The third kappa shape index (κ3) is 10.7. The number of methoxy groups -OCH3 is 1. The van der Waals surface area contributed by atoms with Crippen LogP contribution in [0.15, 0.2) is 53.5 Å². The number of guanidine groups is 1. The molecule has 0 heterocycles. The number of hydrogen-bond acceptors (Lipinski definition) is 4. The van der Waals surface area contributed by atoms with Gasteiger partial charge in [0, 0.05) is 11.2 Å². The van der Waals surface area contributed by atoms with Crippen LogP contribution >= 0.6 is 24.0 Å². The van der Waals surface area contributed by atoms with E-state index in [1.807, 2.05) is 83.1 Å². The van der Waals surface area contributed by atoms with E-state index in [4.69, 9.17) is 9.47 Å². The first kappa shape index (κ1) is 27.5. The van der Waals surface area contributed by atoms with Crippen molar-refractivity contribution >= 4 is 41.5 Å². The van der Waals surface area contributed by atoms with Gasteiger partial charge in [-0.05, 0) is 76.6 Å². The van der Waals surface area contributed by atoms with Crippen molar-refractivity contribution in [1.82, 2.24) is 10.6 Å². The second kappa shape index (κ2) is 13.1. The standard InChI is InChI=1S/C24H34N4O3.HI/c1-17(2)31-20-12-10-19(11-13-20)27-23(26-16-22(29)28-24(3,4)5)25-15-18-8-7-9-21(14-18)30-6;/h7-14,17H,15-16H2,1-6H3,(H,28,29)(H2,25,26,27);1H. The maximum atomic E-state index is 12.2. The van der Waals surface area contributed by atoms with Crippen LogP contribution in [0.3, 0.4) is 0 Å². The van der Waals surface area contributed by atoms with Crippen molar-refractivity contribution in [3.8, 4) is 11.5 Å². The summed E-state index contributed by atoms with van der Waals surface area (Å²) in [5, 5.41) is 9.28. The molecule has 0 radical (unpaired) electrons. The third-order valence-electron chi connectivity index (χ3n) is 3.97. The number of rotatable bonds is 8. The highest BCUT2D eigenvalue weighted by molar-refractivity contribution is 14.0. The Kier molecular flexibility index (Phi) is 11.3. The zero-order valence-electron chi connectivity index (χ0n) is 19.7. The molecular weight excluding hydrogens is 519 g/mol. The van der Waals surface area contributed by atoms with Crippen molar-refractivity contribution in [2.24, 2.45) is 4.99 Å². The van der Waals surface area contributed by atoms with Crippen LogP contribution in [0.25, 0.3) is 0 Å². The molecule has 0 fully saturated rings. The average molecular weight is 554 g/mol. The zero-order valence-corrected chi connectivity index (χ0v) is 22.0. The largest absolute Gasteiger partial charge is 0.497 e. The number of halogens is 1. The average Bonchev–Trinajstić information content (AvgIpc) is 2.70. The molecule has 2 aromatic rings. The van der Waals surface area contributed by atoms with Gasteiger partial charge in [0.05, 0.1) is 26.3 Å². The summed E-state index contributed by atoms with van der Waals surface area (Å²) >= 11 is 0. The highest BCUT2D eigenvalue weighted by atomic mass is 127.